The second-order valence-electron chi connectivity index (χ2n) is 9.25. The van der Waals surface area contributed by atoms with Gasteiger partial charge >= 0.3 is 0 Å². The number of allylic oxidation sites excluding steroid dienone is 4. The van der Waals surface area contributed by atoms with Crippen LogP contribution in [0.5, 0.6) is 0 Å². The molecule has 0 aromatic carbocycles. The molecule has 104 valence electrons. The van der Waals surface area contributed by atoms with Crippen molar-refractivity contribution in [3.05, 3.63) is 24.3 Å². The lowest BCUT2D eigenvalue weighted by Gasteiger charge is -2.61. The Kier molecular flexibility index (Phi) is 1.53. The first-order chi connectivity index (χ1) is 9.93. The summed E-state index contributed by atoms with van der Waals surface area (Å²) < 4.78 is 0. The minimum absolute atomic E-state index is 1.03. The molecule has 0 spiro atoms. The van der Waals surface area contributed by atoms with E-state index in [1.165, 1.54) is 36.5 Å². The summed E-state index contributed by atoms with van der Waals surface area (Å²) in [5.74, 6) is 13.5. The lowest BCUT2D eigenvalue weighted by molar-refractivity contribution is -0.134. The average molecular weight is 264 g/mol. The first-order valence-corrected chi connectivity index (χ1v) is 9.27. The fourth-order valence-electron chi connectivity index (χ4n) is 9.40. The van der Waals surface area contributed by atoms with Gasteiger partial charge in [-0.2, -0.15) is 0 Å². The maximum Gasteiger partial charge on any atom is -0.0168 e. The van der Waals surface area contributed by atoms with Crippen molar-refractivity contribution >= 4 is 0 Å². The molecule has 0 saturated heterocycles. The molecule has 4 bridgehead atoms. The van der Waals surface area contributed by atoms with E-state index in [0.717, 1.165) is 47.3 Å². The average Bonchev–Trinajstić information content (AvgIpc) is 3.17. The second-order valence-corrected chi connectivity index (χ2v) is 9.25. The van der Waals surface area contributed by atoms with Crippen molar-refractivity contribution in [1.29, 1.82) is 0 Å². The van der Waals surface area contributed by atoms with Gasteiger partial charge in [-0.05, 0) is 96.7 Å². The van der Waals surface area contributed by atoms with E-state index < -0.39 is 0 Å². The summed E-state index contributed by atoms with van der Waals surface area (Å²) in [6.07, 6.45) is 16.5. The highest BCUT2D eigenvalue weighted by Gasteiger charge is 2.75. The summed E-state index contributed by atoms with van der Waals surface area (Å²) in [6, 6.07) is 0. The Morgan fingerprint density at radius 1 is 0.500 bits per heavy atom. The van der Waals surface area contributed by atoms with Gasteiger partial charge in [-0.25, -0.2) is 0 Å². The minimum atomic E-state index is 1.03. The number of hydrogen-bond donors (Lipinski definition) is 0. The standard InChI is InChI=1S/C20H24/c1-3-9-10(4-1)14-7-13(9)17-18(14)20-16-8-15(19(17)20)11-5-2-6-12(11)16/h1-3,6,9-20H,4-5,7-8H2/t9-,10+,11-,12+,13+,14-,15+,16-,17?,18?,19?,20?. The van der Waals surface area contributed by atoms with Crippen molar-refractivity contribution in [3.63, 3.8) is 0 Å². The summed E-state index contributed by atoms with van der Waals surface area (Å²) in [6.45, 7) is 0. The fourth-order valence-corrected chi connectivity index (χ4v) is 9.40. The van der Waals surface area contributed by atoms with E-state index in [4.69, 9.17) is 0 Å². The van der Waals surface area contributed by atoms with Gasteiger partial charge in [0.2, 0.25) is 0 Å². The third-order valence-corrected chi connectivity index (χ3v) is 9.45. The van der Waals surface area contributed by atoms with Crippen LogP contribution in [0.1, 0.15) is 25.7 Å². The van der Waals surface area contributed by atoms with Crippen LogP contribution in [-0.2, 0) is 0 Å². The van der Waals surface area contributed by atoms with Gasteiger partial charge in [0.25, 0.3) is 0 Å². The van der Waals surface area contributed by atoms with Crippen LogP contribution in [0.3, 0.4) is 0 Å². The molecule has 0 aromatic heterocycles. The monoisotopic (exact) mass is 264 g/mol. The second kappa shape index (κ2) is 2.99. The van der Waals surface area contributed by atoms with E-state index in [0.29, 0.717) is 0 Å². The maximum absolute atomic E-state index is 2.63. The zero-order chi connectivity index (χ0) is 12.6. The highest BCUT2D eigenvalue weighted by Crippen LogP contribution is 2.80. The Morgan fingerprint density at radius 3 is 1.45 bits per heavy atom. The Labute approximate surface area is 121 Å². The molecule has 20 heavy (non-hydrogen) atoms. The van der Waals surface area contributed by atoms with Crippen molar-refractivity contribution in [2.75, 3.05) is 0 Å². The Bertz CT molecular complexity index is 498. The molecule has 0 amide bonds. The lowest BCUT2D eigenvalue weighted by Crippen LogP contribution is -2.57. The number of rotatable bonds is 0. The van der Waals surface area contributed by atoms with Gasteiger partial charge < -0.3 is 0 Å². The quantitative estimate of drug-likeness (QED) is 0.455. The summed E-state index contributed by atoms with van der Waals surface area (Å²) in [5, 5.41) is 0. The zero-order valence-electron chi connectivity index (χ0n) is 12.1. The van der Waals surface area contributed by atoms with E-state index >= 15 is 0 Å². The molecular formula is C20H24. The molecule has 0 heteroatoms. The lowest BCUT2D eigenvalue weighted by atomic mass is 9.44. The summed E-state index contributed by atoms with van der Waals surface area (Å²) in [4.78, 5) is 0. The van der Waals surface area contributed by atoms with Crippen molar-refractivity contribution in [1.82, 2.24) is 0 Å². The smallest absolute Gasteiger partial charge is 0.0168 e. The molecule has 7 aliphatic rings. The van der Waals surface area contributed by atoms with Crippen LogP contribution in [0, 0.1) is 71.0 Å². The van der Waals surface area contributed by atoms with Crippen molar-refractivity contribution < 1.29 is 0 Å². The fraction of sp³-hybridized carbons (Fsp3) is 0.800. The van der Waals surface area contributed by atoms with Gasteiger partial charge in [-0.15, -0.1) is 0 Å². The zero-order valence-corrected chi connectivity index (χ0v) is 12.1. The highest BCUT2D eigenvalue weighted by atomic mass is 14.8. The normalized spacial score (nSPS) is 72.8. The molecule has 0 nitrogen and oxygen atoms in total. The molecule has 12 atom stereocenters. The van der Waals surface area contributed by atoms with E-state index in [1.54, 1.807) is 12.8 Å². The summed E-state index contributed by atoms with van der Waals surface area (Å²) in [5.41, 5.74) is 0. The van der Waals surface area contributed by atoms with Gasteiger partial charge in [-0.1, -0.05) is 24.3 Å². The predicted molar refractivity (Wildman–Crippen MR) is 78.6 cm³/mol. The van der Waals surface area contributed by atoms with Crippen molar-refractivity contribution in [2.24, 2.45) is 71.0 Å². The molecule has 0 aromatic rings. The van der Waals surface area contributed by atoms with Gasteiger partial charge in [-0.3, -0.25) is 0 Å². The molecule has 0 radical (unpaired) electrons. The largest absolute Gasteiger partial charge is 0.0879 e. The van der Waals surface area contributed by atoms with E-state index in [9.17, 15) is 0 Å². The Balaban J connectivity index is 1.32. The Hall–Kier alpha value is -0.520. The number of fused-ring (bicyclic) bond motifs is 18. The van der Waals surface area contributed by atoms with Crippen molar-refractivity contribution in [2.45, 2.75) is 25.7 Å². The molecular weight excluding hydrogens is 240 g/mol. The topological polar surface area (TPSA) is 0 Å². The van der Waals surface area contributed by atoms with E-state index in [2.05, 4.69) is 24.3 Å². The van der Waals surface area contributed by atoms with Crippen LogP contribution in [0.2, 0.25) is 0 Å². The van der Waals surface area contributed by atoms with E-state index in [-0.39, 0.29) is 0 Å². The first-order valence-electron chi connectivity index (χ1n) is 9.27. The summed E-state index contributed by atoms with van der Waals surface area (Å²) >= 11 is 0. The van der Waals surface area contributed by atoms with Crippen LogP contribution in [0.25, 0.3) is 0 Å². The molecule has 5 saturated carbocycles. The van der Waals surface area contributed by atoms with E-state index in [1.807, 2.05) is 0 Å². The number of hydrogen-bond acceptors (Lipinski definition) is 0. The predicted octanol–water partition coefficient (Wildman–Crippen LogP) is 4.15. The SMILES string of the molecule is C1=C[C@H]2[C@@H](C1)[C@@H]1C[C@H]2C2C1C1C2[C@@H]2C[C@H]1[C@@H]1C=CC[C@@H]12. The van der Waals surface area contributed by atoms with Gasteiger partial charge in [0.1, 0.15) is 0 Å². The first kappa shape index (κ1) is 10.2. The molecule has 4 unspecified atom stereocenters. The van der Waals surface area contributed by atoms with Gasteiger partial charge in [0, 0.05) is 0 Å². The minimum Gasteiger partial charge on any atom is -0.0879 e. The molecule has 5 fully saturated rings. The molecule has 0 N–H and O–H groups in total. The van der Waals surface area contributed by atoms with Crippen LogP contribution in [0.15, 0.2) is 24.3 Å². The molecule has 7 rings (SSSR count). The third-order valence-electron chi connectivity index (χ3n) is 9.45. The van der Waals surface area contributed by atoms with Crippen molar-refractivity contribution in [3.8, 4) is 0 Å². The van der Waals surface area contributed by atoms with Gasteiger partial charge in [0.05, 0.1) is 0 Å². The highest BCUT2D eigenvalue weighted by molar-refractivity contribution is 5.28. The molecule has 0 heterocycles. The van der Waals surface area contributed by atoms with Crippen LogP contribution >= 0.6 is 0 Å². The van der Waals surface area contributed by atoms with Crippen LogP contribution < -0.4 is 0 Å². The molecule has 0 aliphatic heterocycles. The molecule has 7 aliphatic carbocycles. The van der Waals surface area contributed by atoms with Crippen LogP contribution in [0.4, 0.5) is 0 Å². The van der Waals surface area contributed by atoms with Crippen LogP contribution in [-0.4, -0.2) is 0 Å². The summed E-state index contributed by atoms with van der Waals surface area (Å²) in [7, 11) is 0. The Morgan fingerprint density at radius 2 is 0.950 bits per heavy atom. The third kappa shape index (κ3) is 0.833. The van der Waals surface area contributed by atoms with Gasteiger partial charge in [0.15, 0.2) is 0 Å². The maximum atomic E-state index is 2.63.